The number of rotatable bonds is 7. The monoisotopic (exact) mass is 566 g/mol. The molecule has 0 aliphatic carbocycles. The lowest BCUT2D eigenvalue weighted by molar-refractivity contribution is -0.111. The smallest absolute Gasteiger partial charge is 0.248 e. The Balaban J connectivity index is 1.27. The van der Waals surface area contributed by atoms with Crippen LogP contribution >= 0.6 is 22.9 Å². The van der Waals surface area contributed by atoms with Gasteiger partial charge in [0.15, 0.2) is 0 Å². The predicted molar refractivity (Wildman–Crippen MR) is 158 cm³/mol. The van der Waals surface area contributed by atoms with Gasteiger partial charge in [-0.25, -0.2) is 9.07 Å². The van der Waals surface area contributed by atoms with Gasteiger partial charge in [-0.15, -0.1) is 11.3 Å². The van der Waals surface area contributed by atoms with Gasteiger partial charge >= 0.3 is 0 Å². The number of carbonyl (C=O) groups is 1. The van der Waals surface area contributed by atoms with E-state index in [1.807, 2.05) is 48.7 Å². The second-order valence-electron chi connectivity index (χ2n) is 8.73. The number of hydrogen-bond acceptors (Lipinski definition) is 5. The van der Waals surface area contributed by atoms with E-state index < -0.39 is 5.82 Å². The third-order valence-electron chi connectivity index (χ3n) is 6.04. The zero-order valence-corrected chi connectivity index (χ0v) is 22.4. The van der Waals surface area contributed by atoms with Crippen LogP contribution in [0.25, 0.3) is 33.1 Å². The van der Waals surface area contributed by atoms with Crippen LogP contribution in [0.4, 0.5) is 10.1 Å². The molecule has 0 saturated heterocycles. The van der Waals surface area contributed by atoms with Gasteiger partial charge in [-0.05, 0) is 60.7 Å². The highest BCUT2D eigenvalue weighted by atomic mass is 35.5. The van der Waals surface area contributed by atoms with Crippen LogP contribution in [-0.2, 0) is 4.79 Å². The number of nitrogens with zero attached hydrogens (tertiary/aromatic N) is 3. The zero-order chi connectivity index (χ0) is 27.5. The Hall–Kier alpha value is -4.79. The second-order valence-corrected chi connectivity index (χ2v) is 10.4. The molecule has 0 spiro atoms. The van der Waals surface area contributed by atoms with Gasteiger partial charge in [-0.2, -0.15) is 5.10 Å². The van der Waals surface area contributed by atoms with E-state index in [2.05, 4.69) is 10.3 Å². The fourth-order valence-corrected chi connectivity index (χ4v) is 5.26. The molecule has 0 saturated carbocycles. The van der Waals surface area contributed by atoms with Crippen molar-refractivity contribution in [3.8, 4) is 27.8 Å². The summed E-state index contributed by atoms with van der Waals surface area (Å²) < 4.78 is 22.0. The molecule has 0 aliphatic rings. The van der Waals surface area contributed by atoms with Gasteiger partial charge in [0.2, 0.25) is 5.91 Å². The molecule has 3 aromatic heterocycles. The van der Waals surface area contributed by atoms with Crippen LogP contribution in [0, 0.1) is 5.82 Å². The molecule has 0 unspecified atom stereocenters. The number of hydrogen-bond donors (Lipinski definition) is 1. The number of halogens is 2. The molecule has 9 heteroatoms. The molecule has 0 bridgehead atoms. The van der Waals surface area contributed by atoms with Crippen LogP contribution in [0.15, 0.2) is 110 Å². The summed E-state index contributed by atoms with van der Waals surface area (Å²) in [5, 5.41) is 9.09. The van der Waals surface area contributed by atoms with E-state index >= 15 is 0 Å². The summed E-state index contributed by atoms with van der Waals surface area (Å²) >= 11 is 7.61. The Morgan fingerprint density at radius 1 is 1.00 bits per heavy atom. The highest BCUT2D eigenvalue weighted by Crippen LogP contribution is 2.35. The third-order valence-corrected chi connectivity index (χ3v) is 7.28. The lowest BCUT2D eigenvalue weighted by Crippen LogP contribution is -2.08. The third kappa shape index (κ3) is 5.49. The largest absolute Gasteiger partial charge is 0.457 e. The van der Waals surface area contributed by atoms with Crippen molar-refractivity contribution in [1.29, 1.82) is 0 Å². The minimum atomic E-state index is -0.390. The van der Waals surface area contributed by atoms with Crippen LogP contribution in [0.1, 0.15) is 5.56 Å². The molecule has 0 atom stereocenters. The first-order valence-corrected chi connectivity index (χ1v) is 13.4. The lowest BCUT2D eigenvalue weighted by atomic mass is 10.1. The summed E-state index contributed by atoms with van der Waals surface area (Å²) in [7, 11) is 0. The van der Waals surface area contributed by atoms with E-state index in [9.17, 15) is 9.18 Å². The number of carbonyl (C=O) groups excluding carboxylic acids is 1. The van der Waals surface area contributed by atoms with E-state index in [0.29, 0.717) is 26.9 Å². The topological polar surface area (TPSA) is 69.0 Å². The zero-order valence-electron chi connectivity index (χ0n) is 20.8. The van der Waals surface area contributed by atoms with Crippen molar-refractivity contribution in [2.45, 2.75) is 0 Å². The maximum atomic E-state index is 13.6. The molecule has 196 valence electrons. The van der Waals surface area contributed by atoms with Gasteiger partial charge in [-0.3, -0.25) is 9.78 Å². The Morgan fingerprint density at radius 2 is 1.88 bits per heavy atom. The van der Waals surface area contributed by atoms with Crippen LogP contribution in [0.5, 0.6) is 11.5 Å². The number of amides is 1. The van der Waals surface area contributed by atoms with Gasteiger partial charge in [-0.1, -0.05) is 35.9 Å². The molecule has 0 fully saturated rings. The fourth-order valence-electron chi connectivity index (χ4n) is 4.21. The maximum Gasteiger partial charge on any atom is 0.248 e. The van der Waals surface area contributed by atoms with Crippen LogP contribution in [-0.4, -0.2) is 20.7 Å². The predicted octanol–water partition coefficient (Wildman–Crippen LogP) is 8.39. The van der Waals surface area contributed by atoms with Crippen LogP contribution in [0.2, 0.25) is 4.34 Å². The number of thiophene rings is 1. The van der Waals surface area contributed by atoms with E-state index in [-0.39, 0.29) is 5.91 Å². The average molecular weight is 567 g/mol. The maximum absolute atomic E-state index is 13.6. The number of anilines is 1. The van der Waals surface area contributed by atoms with E-state index in [4.69, 9.17) is 21.4 Å². The van der Waals surface area contributed by atoms with E-state index in [1.165, 1.54) is 29.5 Å². The van der Waals surface area contributed by atoms with Crippen molar-refractivity contribution in [1.82, 2.24) is 14.8 Å². The molecule has 6 nitrogen and oxygen atoms in total. The molecule has 1 amide bonds. The summed E-state index contributed by atoms with van der Waals surface area (Å²) in [5.41, 5.74) is 2.95. The van der Waals surface area contributed by atoms with E-state index in [1.54, 1.807) is 53.5 Å². The molecule has 6 rings (SSSR count). The summed E-state index contributed by atoms with van der Waals surface area (Å²) in [6.45, 7) is 0. The first kappa shape index (κ1) is 25.5. The number of para-hydroxylation sites is 1. The van der Waals surface area contributed by atoms with Gasteiger partial charge in [0, 0.05) is 47.1 Å². The van der Waals surface area contributed by atoms with Gasteiger partial charge in [0.05, 0.1) is 20.6 Å². The molecule has 3 aromatic carbocycles. The van der Waals surface area contributed by atoms with E-state index in [0.717, 1.165) is 27.2 Å². The second kappa shape index (κ2) is 11.1. The first-order valence-electron chi connectivity index (χ1n) is 12.2. The Morgan fingerprint density at radius 3 is 2.67 bits per heavy atom. The minimum Gasteiger partial charge on any atom is -0.457 e. The molecule has 0 radical (unpaired) electrons. The van der Waals surface area contributed by atoms with Crippen molar-refractivity contribution >= 4 is 51.4 Å². The number of ether oxygens (including phenoxy) is 1. The molecule has 6 aromatic rings. The highest BCUT2D eigenvalue weighted by molar-refractivity contribution is 7.19. The molecule has 1 N–H and O–H groups in total. The number of benzene rings is 3. The Bertz CT molecular complexity index is 1870. The standard InChI is InChI=1S/C31H20ClFN4O2S/c32-29-13-12-28(40-29)31-20(19-37(36-31)22-6-2-1-3-7-22)9-14-30(38)35-26-10-11-27(24-15-16-34-18-25(24)26)39-23-8-4-5-21(33)17-23/h1-19H,(H,35,38)/b14-9+. The van der Waals surface area contributed by atoms with Crippen molar-refractivity contribution < 1.29 is 13.9 Å². The summed E-state index contributed by atoms with van der Waals surface area (Å²) in [6, 6.07) is 24.6. The fraction of sp³-hybridized carbons (Fsp3) is 0. The number of aromatic nitrogens is 3. The summed E-state index contributed by atoms with van der Waals surface area (Å²) in [6.07, 6.45) is 8.35. The summed E-state index contributed by atoms with van der Waals surface area (Å²) in [4.78, 5) is 18.1. The molecule has 0 aliphatic heterocycles. The van der Waals surface area contributed by atoms with Crippen LogP contribution < -0.4 is 10.1 Å². The van der Waals surface area contributed by atoms with Crippen LogP contribution in [0.3, 0.4) is 0 Å². The SMILES string of the molecule is O=C(/C=C/c1cn(-c2ccccc2)nc1-c1ccc(Cl)s1)Nc1ccc(Oc2cccc(F)c2)c2ccncc12. The lowest BCUT2D eigenvalue weighted by Gasteiger charge is -2.12. The molecular formula is C31H20ClFN4O2S. The minimum absolute atomic E-state index is 0.327. The highest BCUT2D eigenvalue weighted by Gasteiger charge is 2.14. The Kier molecular flexibility index (Phi) is 7.09. The average Bonchev–Trinajstić information content (AvgIpc) is 3.60. The molecule has 40 heavy (non-hydrogen) atoms. The molecular weight excluding hydrogens is 547 g/mol. The number of fused-ring (bicyclic) bond motifs is 1. The van der Waals surface area contributed by atoms with Gasteiger partial charge in [0.25, 0.3) is 0 Å². The van der Waals surface area contributed by atoms with Gasteiger partial charge in [0.1, 0.15) is 23.0 Å². The quantitative estimate of drug-likeness (QED) is 0.197. The number of nitrogens with one attached hydrogen (secondary N) is 1. The normalized spacial score (nSPS) is 11.2. The Labute approximate surface area is 238 Å². The van der Waals surface area contributed by atoms with Crippen molar-refractivity contribution in [2.75, 3.05) is 5.32 Å². The van der Waals surface area contributed by atoms with Crippen molar-refractivity contribution in [3.63, 3.8) is 0 Å². The van der Waals surface area contributed by atoms with Crippen molar-refractivity contribution in [2.24, 2.45) is 0 Å². The van der Waals surface area contributed by atoms with Crippen molar-refractivity contribution in [3.05, 3.63) is 125 Å². The first-order chi connectivity index (χ1) is 19.5. The number of pyridine rings is 1. The summed E-state index contributed by atoms with van der Waals surface area (Å²) in [5.74, 6) is 0.172. The van der Waals surface area contributed by atoms with Gasteiger partial charge < -0.3 is 10.1 Å². The molecule has 3 heterocycles.